The quantitative estimate of drug-likeness (QED) is 0.358. The van der Waals surface area contributed by atoms with Gasteiger partial charge < -0.3 is 5.11 Å². The molecule has 118 valence electrons. The van der Waals surface area contributed by atoms with Gasteiger partial charge in [-0.15, -0.1) is 0 Å². The van der Waals surface area contributed by atoms with E-state index in [0.717, 1.165) is 19.3 Å². The van der Waals surface area contributed by atoms with E-state index in [1.807, 2.05) is 6.07 Å². The molecule has 0 heterocycles. The van der Waals surface area contributed by atoms with Crippen molar-refractivity contribution in [2.45, 2.75) is 71.3 Å². The van der Waals surface area contributed by atoms with Crippen molar-refractivity contribution in [2.75, 3.05) is 0 Å². The fraction of sp³-hybridized carbons (Fsp3) is 0.579. The van der Waals surface area contributed by atoms with Crippen LogP contribution in [0.3, 0.4) is 0 Å². The van der Waals surface area contributed by atoms with Gasteiger partial charge in [0.25, 0.3) is 0 Å². The van der Waals surface area contributed by atoms with Gasteiger partial charge in [0, 0.05) is 3.58 Å². The van der Waals surface area contributed by atoms with Crippen LogP contribution in [-0.4, -0.2) is 11.2 Å². The van der Waals surface area contributed by atoms with E-state index >= 15 is 0 Å². The van der Waals surface area contributed by atoms with E-state index < -0.39 is 0 Å². The van der Waals surface area contributed by atoms with Crippen molar-refractivity contribution in [3.05, 3.63) is 41.5 Å². The molecule has 2 heteroatoms. The van der Waals surface area contributed by atoms with Gasteiger partial charge in [0.15, 0.2) is 0 Å². The largest absolute Gasteiger partial charge is 0.389 e. The number of hydrogen-bond donors (Lipinski definition) is 1. The smallest absolute Gasteiger partial charge is 0.0763 e. The predicted octanol–water partition coefficient (Wildman–Crippen LogP) is 6.35. The maximum atomic E-state index is 10.6. The lowest BCUT2D eigenvalue weighted by atomic mass is 9.96. The molecule has 1 N–H and O–H groups in total. The molecule has 0 saturated carbocycles. The highest BCUT2D eigenvalue weighted by Gasteiger charge is 2.15. The van der Waals surface area contributed by atoms with Gasteiger partial charge in [0.05, 0.1) is 6.10 Å². The third-order valence-electron chi connectivity index (χ3n) is 3.84. The molecule has 1 rings (SSSR count). The summed E-state index contributed by atoms with van der Waals surface area (Å²) in [4.78, 5) is 0. The summed E-state index contributed by atoms with van der Waals surface area (Å²) in [6.07, 6.45) is 8.82. The molecule has 0 saturated heterocycles. The average molecular weight is 400 g/mol. The Balaban J connectivity index is 2.84. The first kappa shape index (κ1) is 18.7. The van der Waals surface area contributed by atoms with Crippen molar-refractivity contribution in [1.82, 2.24) is 0 Å². The Morgan fingerprint density at radius 1 is 1.00 bits per heavy atom. The van der Waals surface area contributed by atoms with Crippen molar-refractivity contribution in [1.29, 1.82) is 0 Å². The third-order valence-corrected chi connectivity index (χ3v) is 5.16. The van der Waals surface area contributed by atoms with Crippen LogP contribution >= 0.6 is 22.6 Å². The van der Waals surface area contributed by atoms with Gasteiger partial charge >= 0.3 is 0 Å². The molecule has 0 bridgehead atoms. The Morgan fingerprint density at radius 2 is 1.62 bits per heavy atom. The zero-order chi connectivity index (χ0) is 15.5. The summed E-state index contributed by atoms with van der Waals surface area (Å²) in [5.41, 5.74) is 2.48. The van der Waals surface area contributed by atoms with Crippen LogP contribution in [-0.2, 0) is 0 Å². The summed E-state index contributed by atoms with van der Waals surface area (Å²) < 4.78 is 1.24. The zero-order valence-electron chi connectivity index (χ0n) is 13.4. The maximum Gasteiger partial charge on any atom is 0.0763 e. The van der Waals surface area contributed by atoms with Crippen molar-refractivity contribution < 1.29 is 5.11 Å². The number of aliphatic hydroxyl groups is 1. The van der Waals surface area contributed by atoms with Crippen LogP contribution in [0, 0.1) is 0 Å². The number of benzene rings is 1. The van der Waals surface area contributed by atoms with E-state index in [1.165, 1.54) is 46.8 Å². The van der Waals surface area contributed by atoms with Gasteiger partial charge in [-0.3, -0.25) is 0 Å². The Hall–Kier alpha value is -0.350. The average Bonchev–Trinajstić information content (AvgIpc) is 2.52. The minimum atomic E-state index is -0.277. The molecule has 1 unspecified atom stereocenters. The SMILES string of the molecule is CCCCC/C(=C(/I)c1ccccc1)C(O)CCCCC. The molecule has 0 spiro atoms. The van der Waals surface area contributed by atoms with Crippen LogP contribution < -0.4 is 0 Å². The molecule has 1 aromatic carbocycles. The lowest BCUT2D eigenvalue weighted by Crippen LogP contribution is -2.11. The van der Waals surface area contributed by atoms with E-state index in [1.54, 1.807) is 0 Å². The molecule has 1 aromatic rings. The highest BCUT2D eigenvalue weighted by Crippen LogP contribution is 2.32. The van der Waals surface area contributed by atoms with Gasteiger partial charge in [-0.25, -0.2) is 0 Å². The standard InChI is InChI=1S/C19H29IO/c1-3-5-8-14-17(18(21)15-9-6-4-2)19(20)16-12-10-7-11-13-16/h7,10-13,18,21H,3-6,8-9,14-15H2,1-2H3/b19-17-. The van der Waals surface area contributed by atoms with Crippen LogP contribution in [0.4, 0.5) is 0 Å². The van der Waals surface area contributed by atoms with Gasteiger partial charge in [-0.05, 0) is 53.0 Å². The molecule has 0 fully saturated rings. The fourth-order valence-corrected chi connectivity index (χ4v) is 3.51. The molecule has 0 radical (unpaired) electrons. The van der Waals surface area contributed by atoms with Crippen molar-refractivity contribution in [3.8, 4) is 0 Å². The Morgan fingerprint density at radius 3 is 2.24 bits per heavy atom. The number of hydrogen-bond acceptors (Lipinski definition) is 1. The van der Waals surface area contributed by atoms with Crippen molar-refractivity contribution >= 4 is 26.2 Å². The van der Waals surface area contributed by atoms with E-state index in [9.17, 15) is 5.11 Å². The minimum Gasteiger partial charge on any atom is -0.389 e. The second-order valence-corrected chi connectivity index (χ2v) is 6.75. The topological polar surface area (TPSA) is 20.2 Å². The molecular weight excluding hydrogens is 371 g/mol. The van der Waals surface area contributed by atoms with Gasteiger partial charge in [-0.2, -0.15) is 0 Å². The fourth-order valence-electron chi connectivity index (χ4n) is 2.52. The number of aliphatic hydroxyl groups excluding tert-OH is 1. The van der Waals surface area contributed by atoms with E-state index in [4.69, 9.17) is 0 Å². The highest BCUT2D eigenvalue weighted by molar-refractivity contribution is 14.1. The van der Waals surface area contributed by atoms with Crippen molar-refractivity contribution in [2.24, 2.45) is 0 Å². The summed E-state index contributed by atoms with van der Waals surface area (Å²) in [5, 5.41) is 10.6. The molecule has 0 aliphatic carbocycles. The summed E-state index contributed by atoms with van der Waals surface area (Å²) in [7, 11) is 0. The number of unbranched alkanes of at least 4 members (excludes halogenated alkanes) is 4. The van der Waals surface area contributed by atoms with Gasteiger partial charge in [0.1, 0.15) is 0 Å². The van der Waals surface area contributed by atoms with E-state index in [2.05, 4.69) is 60.7 Å². The summed E-state index contributed by atoms with van der Waals surface area (Å²) in [6, 6.07) is 10.5. The first-order chi connectivity index (χ1) is 10.2. The molecular formula is C19H29IO. The van der Waals surface area contributed by atoms with E-state index in [-0.39, 0.29) is 6.10 Å². The molecule has 1 atom stereocenters. The molecule has 21 heavy (non-hydrogen) atoms. The lowest BCUT2D eigenvalue weighted by molar-refractivity contribution is 0.192. The van der Waals surface area contributed by atoms with Crippen LogP contribution in [0.2, 0.25) is 0 Å². The maximum absolute atomic E-state index is 10.6. The summed E-state index contributed by atoms with van der Waals surface area (Å²) >= 11 is 2.42. The second-order valence-electron chi connectivity index (χ2n) is 5.67. The summed E-state index contributed by atoms with van der Waals surface area (Å²) in [5.74, 6) is 0. The molecule has 0 amide bonds. The molecule has 0 aliphatic heterocycles. The first-order valence-corrected chi connectivity index (χ1v) is 9.40. The Labute approximate surface area is 144 Å². The predicted molar refractivity (Wildman–Crippen MR) is 102 cm³/mol. The molecule has 1 nitrogen and oxygen atoms in total. The Kier molecular flexibility index (Phi) is 10.0. The lowest BCUT2D eigenvalue weighted by Gasteiger charge is -2.18. The van der Waals surface area contributed by atoms with Crippen LogP contribution in [0.15, 0.2) is 35.9 Å². The highest BCUT2D eigenvalue weighted by atomic mass is 127. The van der Waals surface area contributed by atoms with Crippen molar-refractivity contribution in [3.63, 3.8) is 0 Å². The Bertz CT molecular complexity index is 411. The minimum absolute atomic E-state index is 0.277. The number of rotatable bonds is 10. The summed E-state index contributed by atoms with van der Waals surface area (Å²) in [6.45, 7) is 4.43. The third kappa shape index (κ3) is 6.96. The van der Waals surface area contributed by atoms with Gasteiger partial charge in [-0.1, -0.05) is 76.3 Å². The molecule has 0 aliphatic rings. The normalized spacial score (nSPS) is 13.9. The second kappa shape index (κ2) is 11.2. The number of halogens is 1. The monoisotopic (exact) mass is 400 g/mol. The van der Waals surface area contributed by atoms with Gasteiger partial charge in [0.2, 0.25) is 0 Å². The zero-order valence-corrected chi connectivity index (χ0v) is 15.6. The first-order valence-electron chi connectivity index (χ1n) is 8.32. The van der Waals surface area contributed by atoms with Crippen LogP contribution in [0.1, 0.15) is 70.8 Å². The van der Waals surface area contributed by atoms with Crippen LogP contribution in [0.5, 0.6) is 0 Å². The molecule has 0 aromatic heterocycles. The van der Waals surface area contributed by atoms with E-state index in [0.29, 0.717) is 0 Å². The van der Waals surface area contributed by atoms with Crippen LogP contribution in [0.25, 0.3) is 3.58 Å².